The van der Waals surface area contributed by atoms with E-state index in [1.165, 1.54) is 65.7 Å². The Morgan fingerprint density at radius 2 is 1.16 bits per heavy atom. The molecule has 0 atom stereocenters. The van der Waals surface area contributed by atoms with Crippen molar-refractivity contribution >= 4 is 55.0 Å². The molecular weight excluding hydrogens is 593 g/mol. The highest BCUT2D eigenvalue weighted by Gasteiger charge is 2.22. The molecule has 8 aromatic carbocycles. The number of benzene rings is 8. The van der Waals surface area contributed by atoms with Crippen LogP contribution < -0.4 is 0 Å². The van der Waals surface area contributed by atoms with Gasteiger partial charge in [0.1, 0.15) is 5.82 Å². The lowest BCUT2D eigenvalue weighted by Gasteiger charge is -2.23. The van der Waals surface area contributed by atoms with E-state index in [4.69, 9.17) is 4.98 Å². The van der Waals surface area contributed by atoms with E-state index in [2.05, 4.69) is 174 Å². The molecule has 230 valence electrons. The van der Waals surface area contributed by atoms with Gasteiger partial charge in [0.05, 0.1) is 11.0 Å². The molecule has 0 fully saturated rings. The summed E-state index contributed by atoms with van der Waals surface area (Å²) in [6.07, 6.45) is 4.49. The minimum Gasteiger partial charge on any atom is -0.292 e. The Hall–Kier alpha value is -6.25. The molecule has 0 amide bonds. The van der Waals surface area contributed by atoms with Crippen molar-refractivity contribution in [3.05, 3.63) is 180 Å². The Balaban J connectivity index is 1.31. The molecule has 0 N–H and O–H groups in total. The Morgan fingerprint density at radius 3 is 2.06 bits per heavy atom. The average molecular weight is 625 g/mol. The van der Waals surface area contributed by atoms with Gasteiger partial charge in [0.15, 0.2) is 0 Å². The topological polar surface area (TPSA) is 17.8 Å². The first-order valence-electron chi connectivity index (χ1n) is 17.1. The fourth-order valence-corrected chi connectivity index (χ4v) is 8.01. The summed E-state index contributed by atoms with van der Waals surface area (Å²) in [7, 11) is 0. The number of imidazole rings is 1. The molecule has 10 rings (SSSR count). The normalized spacial score (nSPS) is 12.9. The van der Waals surface area contributed by atoms with Gasteiger partial charge in [-0.1, -0.05) is 133 Å². The van der Waals surface area contributed by atoms with Crippen LogP contribution >= 0.6 is 0 Å². The van der Waals surface area contributed by atoms with Gasteiger partial charge in [0, 0.05) is 11.3 Å². The molecule has 1 aliphatic carbocycles. The monoisotopic (exact) mass is 624 g/mol. The van der Waals surface area contributed by atoms with Gasteiger partial charge < -0.3 is 0 Å². The average Bonchev–Trinajstić information content (AvgIpc) is 3.56. The van der Waals surface area contributed by atoms with Crippen molar-refractivity contribution in [1.29, 1.82) is 0 Å². The molecule has 0 bridgehead atoms. The molecule has 9 aromatic rings. The molecule has 0 saturated heterocycles. The molecule has 0 aliphatic heterocycles. The maximum absolute atomic E-state index is 5.26. The smallest absolute Gasteiger partial charge is 0.145 e. The van der Waals surface area contributed by atoms with Gasteiger partial charge in [0.2, 0.25) is 0 Å². The zero-order valence-corrected chi connectivity index (χ0v) is 27.0. The first kappa shape index (κ1) is 27.8. The summed E-state index contributed by atoms with van der Waals surface area (Å²) in [5.74, 6) is 0.944. The van der Waals surface area contributed by atoms with Crippen LogP contribution in [0.15, 0.2) is 164 Å². The Morgan fingerprint density at radius 1 is 0.469 bits per heavy atom. The second-order valence-electron chi connectivity index (χ2n) is 13.1. The largest absolute Gasteiger partial charge is 0.292 e. The van der Waals surface area contributed by atoms with Crippen molar-refractivity contribution in [2.24, 2.45) is 0 Å². The maximum atomic E-state index is 5.26. The standard InChI is InChI=1S/C47H32N2/c1-2-16-38(17-3-1)49-44-21-11-10-20-43(44)48-47(49)37-26-27-41-42(30-37)46(36-25-23-32-13-5-7-15-34(32)29-36)40-19-9-8-18-39(40)45(41)35-24-22-31-12-4-6-14-33(31)28-35/h1-21,23,25-30H,22,24H2. The molecule has 2 heteroatoms. The summed E-state index contributed by atoms with van der Waals surface area (Å²) in [5, 5.41) is 7.59. The zero-order chi connectivity index (χ0) is 32.3. The summed E-state index contributed by atoms with van der Waals surface area (Å²) < 4.78 is 2.30. The minimum absolute atomic E-state index is 0.944. The molecule has 2 nitrogen and oxygen atoms in total. The summed E-state index contributed by atoms with van der Waals surface area (Å²) in [6, 6.07) is 59.5. The highest BCUT2D eigenvalue weighted by Crippen LogP contribution is 2.46. The Bertz CT molecular complexity index is 2770. The van der Waals surface area contributed by atoms with Crippen LogP contribution in [0.5, 0.6) is 0 Å². The molecule has 0 spiro atoms. The third-order valence-corrected chi connectivity index (χ3v) is 10.3. The van der Waals surface area contributed by atoms with Crippen LogP contribution in [0.25, 0.3) is 83.2 Å². The van der Waals surface area contributed by atoms with Crippen molar-refractivity contribution in [1.82, 2.24) is 9.55 Å². The number of hydrogen-bond acceptors (Lipinski definition) is 1. The summed E-state index contributed by atoms with van der Waals surface area (Å²) in [5.41, 5.74) is 12.3. The first-order chi connectivity index (χ1) is 24.3. The molecule has 49 heavy (non-hydrogen) atoms. The quantitative estimate of drug-likeness (QED) is 0.178. The third kappa shape index (κ3) is 4.52. The minimum atomic E-state index is 0.944. The van der Waals surface area contributed by atoms with Gasteiger partial charge in [-0.3, -0.25) is 4.57 Å². The van der Waals surface area contributed by atoms with Gasteiger partial charge in [-0.25, -0.2) is 4.98 Å². The molecule has 0 saturated carbocycles. The van der Waals surface area contributed by atoms with Crippen LogP contribution in [0.1, 0.15) is 23.1 Å². The highest BCUT2D eigenvalue weighted by atomic mass is 15.1. The predicted molar refractivity (Wildman–Crippen MR) is 207 cm³/mol. The van der Waals surface area contributed by atoms with Gasteiger partial charge in [0.25, 0.3) is 0 Å². The van der Waals surface area contributed by atoms with Crippen LogP contribution in [0.2, 0.25) is 0 Å². The van der Waals surface area contributed by atoms with E-state index in [0.29, 0.717) is 0 Å². The SMILES string of the molecule is C1=C(c2c3ccccc3c(-c3ccc4ccccc4c3)c3cc(-c4nc5ccccc5n4-c4ccccc4)ccc23)CCc2ccccc21. The molecule has 0 radical (unpaired) electrons. The molecule has 1 aliphatic rings. The predicted octanol–water partition coefficient (Wildman–Crippen LogP) is 12.3. The lowest BCUT2D eigenvalue weighted by atomic mass is 9.81. The van der Waals surface area contributed by atoms with E-state index in [9.17, 15) is 0 Å². The fourth-order valence-electron chi connectivity index (χ4n) is 8.01. The number of hydrogen-bond donors (Lipinski definition) is 0. The van der Waals surface area contributed by atoms with Gasteiger partial charge in [-0.05, 0) is 115 Å². The fraction of sp³-hybridized carbons (Fsp3) is 0.0426. The highest BCUT2D eigenvalue weighted by molar-refractivity contribution is 6.20. The maximum Gasteiger partial charge on any atom is 0.145 e. The van der Waals surface area contributed by atoms with Gasteiger partial charge in [-0.2, -0.15) is 0 Å². The Labute approximate surface area is 285 Å². The van der Waals surface area contributed by atoms with Crippen LogP contribution in [0.3, 0.4) is 0 Å². The number of aryl methyl sites for hydroxylation is 1. The molecular formula is C47H32N2. The second-order valence-corrected chi connectivity index (χ2v) is 13.1. The number of para-hydroxylation sites is 3. The third-order valence-electron chi connectivity index (χ3n) is 10.3. The van der Waals surface area contributed by atoms with E-state index in [1.54, 1.807) is 0 Å². The van der Waals surface area contributed by atoms with Crippen LogP contribution in [-0.4, -0.2) is 9.55 Å². The molecule has 1 heterocycles. The Kier molecular flexibility index (Phi) is 6.35. The van der Waals surface area contributed by atoms with Crippen LogP contribution in [-0.2, 0) is 6.42 Å². The van der Waals surface area contributed by atoms with E-state index in [1.807, 2.05) is 0 Å². The summed E-state index contributed by atoms with van der Waals surface area (Å²) in [4.78, 5) is 5.26. The summed E-state index contributed by atoms with van der Waals surface area (Å²) >= 11 is 0. The molecule has 0 unspecified atom stereocenters. The van der Waals surface area contributed by atoms with E-state index in [-0.39, 0.29) is 0 Å². The number of nitrogens with zero attached hydrogens (tertiary/aromatic N) is 2. The first-order valence-corrected chi connectivity index (χ1v) is 17.1. The van der Waals surface area contributed by atoms with Crippen molar-refractivity contribution in [2.75, 3.05) is 0 Å². The zero-order valence-electron chi connectivity index (χ0n) is 27.0. The number of aromatic nitrogens is 2. The van der Waals surface area contributed by atoms with Gasteiger partial charge >= 0.3 is 0 Å². The molecule has 1 aromatic heterocycles. The lowest BCUT2D eigenvalue weighted by molar-refractivity contribution is 1.00. The van der Waals surface area contributed by atoms with Crippen molar-refractivity contribution in [3.8, 4) is 28.2 Å². The van der Waals surface area contributed by atoms with Gasteiger partial charge in [-0.15, -0.1) is 0 Å². The number of allylic oxidation sites excluding steroid dienone is 1. The van der Waals surface area contributed by atoms with Crippen LogP contribution in [0.4, 0.5) is 0 Å². The van der Waals surface area contributed by atoms with E-state index < -0.39 is 0 Å². The van der Waals surface area contributed by atoms with Crippen molar-refractivity contribution in [3.63, 3.8) is 0 Å². The van der Waals surface area contributed by atoms with E-state index >= 15 is 0 Å². The van der Waals surface area contributed by atoms with Crippen molar-refractivity contribution in [2.45, 2.75) is 12.8 Å². The number of rotatable bonds is 4. The lowest BCUT2D eigenvalue weighted by Crippen LogP contribution is -2.01. The van der Waals surface area contributed by atoms with Crippen molar-refractivity contribution < 1.29 is 0 Å². The summed E-state index contributed by atoms with van der Waals surface area (Å²) in [6.45, 7) is 0. The van der Waals surface area contributed by atoms with E-state index in [0.717, 1.165) is 41.0 Å². The van der Waals surface area contributed by atoms with Crippen LogP contribution in [0, 0.1) is 0 Å². The number of fused-ring (bicyclic) bond motifs is 5. The second kappa shape index (κ2) is 11.2.